The van der Waals surface area contributed by atoms with Crippen LogP contribution in [-0.2, 0) is 4.74 Å². The highest BCUT2D eigenvalue weighted by Crippen LogP contribution is 1.92. The first-order valence-electron chi connectivity index (χ1n) is 3.69. The first-order chi connectivity index (χ1) is 5.75. The summed E-state index contributed by atoms with van der Waals surface area (Å²) >= 11 is 0. The summed E-state index contributed by atoms with van der Waals surface area (Å²) in [5, 5.41) is 4.66. The molecule has 0 atom stereocenters. The zero-order valence-electron chi connectivity index (χ0n) is 6.72. The standard InChI is InChI=1S/C7H10N2O3/c1-2-3-12-7(11)5-4-8-9-6(5)10/h4H,2-3H2,1H3,(H2,8,9,10). The average Bonchev–Trinajstić information content (AvgIpc) is 2.47. The van der Waals surface area contributed by atoms with Crippen molar-refractivity contribution in [3.63, 3.8) is 0 Å². The molecule has 2 N–H and O–H groups in total. The Kier molecular flexibility index (Phi) is 2.68. The van der Waals surface area contributed by atoms with E-state index in [0.29, 0.717) is 6.61 Å². The van der Waals surface area contributed by atoms with E-state index in [-0.39, 0.29) is 5.56 Å². The Morgan fingerprint density at radius 3 is 2.92 bits per heavy atom. The number of H-pyrrole nitrogens is 2. The Labute approximate surface area is 68.7 Å². The predicted molar refractivity (Wildman–Crippen MR) is 42.0 cm³/mol. The Morgan fingerprint density at radius 2 is 2.42 bits per heavy atom. The molecule has 0 bridgehead atoms. The lowest BCUT2D eigenvalue weighted by Crippen LogP contribution is -2.15. The molecule has 0 fully saturated rings. The number of carbonyl (C=O) groups excluding carboxylic acids is 1. The van der Waals surface area contributed by atoms with Crippen LogP contribution in [0.5, 0.6) is 0 Å². The highest BCUT2D eigenvalue weighted by Gasteiger charge is 2.11. The number of ether oxygens (including phenoxy) is 1. The quantitative estimate of drug-likeness (QED) is 0.639. The molecular weight excluding hydrogens is 160 g/mol. The fraction of sp³-hybridized carbons (Fsp3) is 0.429. The van der Waals surface area contributed by atoms with E-state index in [2.05, 4.69) is 10.2 Å². The van der Waals surface area contributed by atoms with Gasteiger partial charge in [0.2, 0.25) is 0 Å². The SMILES string of the molecule is CCCOC(=O)c1c[nH][nH]c1=O. The van der Waals surface area contributed by atoms with Crippen molar-refractivity contribution in [2.45, 2.75) is 13.3 Å². The molecule has 0 spiro atoms. The highest BCUT2D eigenvalue weighted by molar-refractivity contribution is 5.88. The normalized spacial score (nSPS) is 9.75. The molecule has 66 valence electrons. The van der Waals surface area contributed by atoms with Gasteiger partial charge in [-0.2, -0.15) is 0 Å². The third-order valence-electron chi connectivity index (χ3n) is 1.30. The molecular formula is C7H10N2O3. The van der Waals surface area contributed by atoms with Gasteiger partial charge in [0, 0.05) is 6.20 Å². The zero-order valence-corrected chi connectivity index (χ0v) is 6.72. The van der Waals surface area contributed by atoms with Crippen LogP contribution in [0.4, 0.5) is 0 Å². The van der Waals surface area contributed by atoms with E-state index < -0.39 is 11.5 Å². The molecule has 0 unspecified atom stereocenters. The monoisotopic (exact) mass is 170 g/mol. The minimum atomic E-state index is -0.584. The molecule has 1 heterocycles. The fourth-order valence-electron chi connectivity index (χ4n) is 0.731. The largest absolute Gasteiger partial charge is 0.462 e. The second-order valence-electron chi connectivity index (χ2n) is 2.29. The number of hydrogen-bond donors (Lipinski definition) is 2. The summed E-state index contributed by atoms with van der Waals surface area (Å²) in [6.45, 7) is 2.22. The van der Waals surface area contributed by atoms with Crippen molar-refractivity contribution in [3.05, 3.63) is 22.1 Å². The van der Waals surface area contributed by atoms with Crippen LogP contribution in [-0.4, -0.2) is 22.8 Å². The molecule has 5 heteroatoms. The summed E-state index contributed by atoms with van der Waals surface area (Å²) < 4.78 is 4.74. The molecule has 1 aromatic heterocycles. The van der Waals surface area contributed by atoms with Crippen molar-refractivity contribution < 1.29 is 9.53 Å². The van der Waals surface area contributed by atoms with Gasteiger partial charge in [-0.15, -0.1) is 0 Å². The van der Waals surface area contributed by atoms with Gasteiger partial charge in [-0.1, -0.05) is 6.92 Å². The van der Waals surface area contributed by atoms with Gasteiger partial charge in [0.15, 0.2) is 0 Å². The van der Waals surface area contributed by atoms with E-state index in [1.165, 1.54) is 6.20 Å². The summed E-state index contributed by atoms with van der Waals surface area (Å²) in [6, 6.07) is 0. The summed E-state index contributed by atoms with van der Waals surface area (Å²) in [6.07, 6.45) is 2.04. The molecule has 12 heavy (non-hydrogen) atoms. The number of aromatic amines is 2. The van der Waals surface area contributed by atoms with Crippen LogP contribution in [0.15, 0.2) is 11.0 Å². The second kappa shape index (κ2) is 3.75. The van der Waals surface area contributed by atoms with E-state index in [4.69, 9.17) is 4.74 Å². The van der Waals surface area contributed by atoms with E-state index in [9.17, 15) is 9.59 Å². The van der Waals surface area contributed by atoms with Crippen molar-refractivity contribution in [2.75, 3.05) is 6.61 Å². The van der Waals surface area contributed by atoms with Crippen LogP contribution in [0, 0.1) is 0 Å². The Hall–Kier alpha value is -1.52. The first-order valence-corrected chi connectivity index (χ1v) is 3.69. The summed E-state index contributed by atoms with van der Waals surface area (Å²) in [4.78, 5) is 21.9. The van der Waals surface area contributed by atoms with Gasteiger partial charge in [0.05, 0.1) is 6.61 Å². The number of hydrogen-bond acceptors (Lipinski definition) is 3. The van der Waals surface area contributed by atoms with Crippen LogP contribution in [0.2, 0.25) is 0 Å². The molecule has 0 aliphatic heterocycles. The summed E-state index contributed by atoms with van der Waals surface area (Å²) in [5.41, 5.74) is -0.431. The first kappa shape index (κ1) is 8.58. The summed E-state index contributed by atoms with van der Waals surface area (Å²) in [5.74, 6) is -0.584. The van der Waals surface area contributed by atoms with Crippen molar-refractivity contribution in [1.29, 1.82) is 0 Å². The lowest BCUT2D eigenvalue weighted by molar-refractivity contribution is 0.0504. The third-order valence-corrected chi connectivity index (χ3v) is 1.30. The van der Waals surface area contributed by atoms with E-state index in [1.54, 1.807) is 0 Å². The van der Waals surface area contributed by atoms with Gasteiger partial charge in [0.1, 0.15) is 5.56 Å². The van der Waals surface area contributed by atoms with Gasteiger partial charge >= 0.3 is 5.97 Å². The van der Waals surface area contributed by atoms with Crippen molar-refractivity contribution in [1.82, 2.24) is 10.2 Å². The lowest BCUT2D eigenvalue weighted by atomic mass is 10.4. The third kappa shape index (κ3) is 1.75. The Bertz CT molecular complexity index is 312. The maximum Gasteiger partial charge on any atom is 0.345 e. The highest BCUT2D eigenvalue weighted by atomic mass is 16.5. The number of nitrogens with one attached hydrogen (secondary N) is 2. The molecule has 0 saturated heterocycles. The smallest absolute Gasteiger partial charge is 0.345 e. The Balaban J connectivity index is 2.66. The minimum Gasteiger partial charge on any atom is -0.462 e. The zero-order chi connectivity index (χ0) is 8.97. The molecule has 1 aromatic rings. The molecule has 0 saturated carbocycles. The molecule has 0 aromatic carbocycles. The molecule has 0 aliphatic carbocycles. The number of aromatic nitrogens is 2. The molecule has 1 rings (SSSR count). The summed E-state index contributed by atoms with van der Waals surface area (Å²) in [7, 11) is 0. The maximum atomic E-state index is 11.0. The minimum absolute atomic E-state index is 0.0171. The van der Waals surface area contributed by atoms with Gasteiger partial charge in [-0.25, -0.2) is 4.79 Å². The van der Waals surface area contributed by atoms with E-state index in [0.717, 1.165) is 6.42 Å². The number of rotatable bonds is 3. The average molecular weight is 170 g/mol. The van der Waals surface area contributed by atoms with Crippen LogP contribution >= 0.6 is 0 Å². The van der Waals surface area contributed by atoms with Crippen LogP contribution in [0.3, 0.4) is 0 Å². The topological polar surface area (TPSA) is 75.0 Å². The van der Waals surface area contributed by atoms with Crippen molar-refractivity contribution >= 4 is 5.97 Å². The molecule has 0 radical (unpaired) electrons. The predicted octanol–water partition coefficient (Wildman–Crippen LogP) is 0.270. The van der Waals surface area contributed by atoms with Gasteiger partial charge in [0.25, 0.3) is 5.56 Å². The van der Waals surface area contributed by atoms with Crippen molar-refractivity contribution in [2.24, 2.45) is 0 Å². The van der Waals surface area contributed by atoms with Gasteiger partial charge in [-0.3, -0.25) is 9.89 Å². The number of esters is 1. The fourth-order valence-corrected chi connectivity index (χ4v) is 0.731. The van der Waals surface area contributed by atoms with Gasteiger partial charge < -0.3 is 9.84 Å². The molecule has 5 nitrogen and oxygen atoms in total. The van der Waals surface area contributed by atoms with E-state index in [1.807, 2.05) is 6.92 Å². The second-order valence-corrected chi connectivity index (χ2v) is 2.29. The molecule has 0 amide bonds. The van der Waals surface area contributed by atoms with Gasteiger partial charge in [-0.05, 0) is 6.42 Å². The van der Waals surface area contributed by atoms with E-state index >= 15 is 0 Å². The lowest BCUT2D eigenvalue weighted by Gasteiger charge is -1.97. The number of carbonyl (C=O) groups is 1. The van der Waals surface area contributed by atoms with Crippen LogP contribution < -0.4 is 5.56 Å². The Morgan fingerprint density at radius 1 is 1.67 bits per heavy atom. The van der Waals surface area contributed by atoms with Crippen LogP contribution in [0.1, 0.15) is 23.7 Å². The molecule has 0 aliphatic rings. The van der Waals surface area contributed by atoms with Crippen LogP contribution in [0.25, 0.3) is 0 Å². The maximum absolute atomic E-state index is 11.0. The van der Waals surface area contributed by atoms with Crippen molar-refractivity contribution in [3.8, 4) is 0 Å².